The van der Waals surface area contributed by atoms with Gasteiger partial charge in [0.25, 0.3) is 0 Å². The number of ketones is 1. The largest absolute Gasteiger partial charge is 0.491 e. The fourth-order valence-corrected chi connectivity index (χ4v) is 6.32. The number of hydrogen-bond acceptors (Lipinski definition) is 5. The third kappa shape index (κ3) is 7.27. The maximum absolute atomic E-state index is 13.9. The second-order valence-corrected chi connectivity index (χ2v) is 10.9. The number of pyridine rings is 1. The van der Waals surface area contributed by atoms with Crippen molar-refractivity contribution in [3.63, 3.8) is 0 Å². The molecule has 6 nitrogen and oxygen atoms in total. The first-order chi connectivity index (χ1) is 18.4. The molecule has 0 fully saturated rings. The van der Waals surface area contributed by atoms with E-state index < -0.39 is 0 Å². The third-order valence-electron chi connectivity index (χ3n) is 6.46. The molecule has 3 rings (SSSR count). The number of carbonyl (C=O) groups excluding carboxylic acids is 2. The molecule has 206 valence electrons. The first-order valence-corrected chi connectivity index (χ1v) is 15.1. The van der Waals surface area contributed by atoms with Crippen LogP contribution >= 0.6 is 31.9 Å². The van der Waals surface area contributed by atoms with Gasteiger partial charge < -0.3 is 18.8 Å². The van der Waals surface area contributed by atoms with Gasteiger partial charge in [-0.2, -0.15) is 0 Å². The fraction of sp³-hybridized carbons (Fsp3) is 0.467. The highest BCUT2D eigenvalue weighted by atomic mass is 79.9. The summed E-state index contributed by atoms with van der Waals surface area (Å²) in [4.78, 5) is 28.8. The first kappa shape index (κ1) is 30.4. The Hall–Kier alpha value is -2.16. The van der Waals surface area contributed by atoms with E-state index in [9.17, 15) is 9.59 Å². The topological polar surface area (TPSA) is 60.2 Å². The van der Waals surface area contributed by atoms with Gasteiger partial charge in [-0.25, -0.2) is 0 Å². The Balaban J connectivity index is 1.86. The van der Waals surface area contributed by atoms with E-state index in [0.717, 1.165) is 64.5 Å². The predicted octanol–water partition coefficient (Wildman–Crippen LogP) is 7.25. The monoisotopic (exact) mass is 648 g/mol. The number of aromatic nitrogens is 1. The normalized spacial score (nSPS) is 11.3. The Morgan fingerprint density at radius 2 is 1.63 bits per heavy atom. The van der Waals surface area contributed by atoms with Crippen molar-refractivity contribution in [1.29, 1.82) is 0 Å². The van der Waals surface area contributed by atoms with Crippen LogP contribution in [0.3, 0.4) is 0 Å². The molecule has 0 atom stereocenters. The smallest absolute Gasteiger partial charge is 0.310 e. The van der Waals surface area contributed by atoms with Gasteiger partial charge in [0.1, 0.15) is 5.75 Å². The van der Waals surface area contributed by atoms with Crippen LogP contribution in [0.1, 0.15) is 74.1 Å². The van der Waals surface area contributed by atoms with Gasteiger partial charge in [-0.05, 0) is 113 Å². The highest BCUT2D eigenvalue weighted by Crippen LogP contribution is 2.36. The van der Waals surface area contributed by atoms with Crippen LogP contribution in [0.25, 0.3) is 5.52 Å². The zero-order valence-electron chi connectivity index (χ0n) is 22.8. The van der Waals surface area contributed by atoms with Crippen LogP contribution in [0.4, 0.5) is 0 Å². The lowest BCUT2D eigenvalue weighted by Gasteiger charge is -2.21. The fourth-order valence-electron chi connectivity index (χ4n) is 4.90. The summed E-state index contributed by atoms with van der Waals surface area (Å²) < 4.78 is 14.7. The molecule has 2 aromatic heterocycles. The molecule has 0 amide bonds. The third-order valence-corrected chi connectivity index (χ3v) is 7.64. The summed E-state index contributed by atoms with van der Waals surface area (Å²) in [7, 11) is 0. The van der Waals surface area contributed by atoms with Crippen LogP contribution in [0, 0.1) is 0 Å². The molecule has 0 spiro atoms. The molecular weight excluding hydrogens is 612 g/mol. The summed E-state index contributed by atoms with van der Waals surface area (Å²) in [5.41, 5.74) is 3.66. The summed E-state index contributed by atoms with van der Waals surface area (Å²) in [6, 6.07) is 9.38. The Morgan fingerprint density at radius 3 is 2.24 bits per heavy atom. The average molecular weight is 650 g/mol. The number of fused-ring (bicyclic) bond motifs is 1. The summed E-state index contributed by atoms with van der Waals surface area (Å²) in [6.07, 6.45) is 5.85. The number of esters is 1. The lowest BCUT2D eigenvalue weighted by atomic mass is 9.99. The highest BCUT2D eigenvalue weighted by molar-refractivity contribution is 9.11. The molecular formula is C30H38Br2N2O4. The van der Waals surface area contributed by atoms with Crippen molar-refractivity contribution in [2.45, 2.75) is 59.8 Å². The molecule has 2 heterocycles. The van der Waals surface area contributed by atoms with Crippen molar-refractivity contribution in [2.24, 2.45) is 0 Å². The quantitative estimate of drug-likeness (QED) is 0.0986. The van der Waals surface area contributed by atoms with Gasteiger partial charge in [0, 0.05) is 23.8 Å². The lowest BCUT2D eigenvalue weighted by Crippen LogP contribution is -2.27. The first-order valence-electron chi connectivity index (χ1n) is 13.5. The van der Waals surface area contributed by atoms with Crippen molar-refractivity contribution < 1.29 is 19.1 Å². The van der Waals surface area contributed by atoms with Crippen molar-refractivity contribution in [2.75, 3.05) is 32.8 Å². The van der Waals surface area contributed by atoms with Gasteiger partial charge in [-0.1, -0.05) is 26.8 Å². The minimum Gasteiger partial charge on any atom is -0.491 e. The Kier molecular flexibility index (Phi) is 11.9. The van der Waals surface area contributed by atoms with Gasteiger partial charge in [0.15, 0.2) is 0 Å². The summed E-state index contributed by atoms with van der Waals surface area (Å²) in [5.74, 6) is 0.288. The Morgan fingerprint density at radius 1 is 0.947 bits per heavy atom. The summed E-state index contributed by atoms with van der Waals surface area (Å²) in [5, 5.41) is 0. The molecule has 38 heavy (non-hydrogen) atoms. The van der Waals surface area contributed by atoms with E-state index in [1.54, 1.807) is 6.92 Å². The van der Waals surface area contributed by atoms with Gasteiger partial charge in [0.2, 0.25) is 5.78 Å². The number of halogens is 2. The van der Waals surface area contributed by atoms with E-state index in [1.165, 1.54) is 0 Å². The molecule has 0 saturated heterocycles. The van der Waals surface area contributed by atoms with Crippen LogP contribution in [-0.2, 0) is 22.4 Å². The van der Waals surface area contributed by atoms with E-state index in [-0.39, 0.29) is 18.2 Å². The van der Waals surface area contributed by atoms with E-state index in [1.807, 2.05) is 47.9 Å². The molecule has 0 aliphatic rings. The van der Waals surface area contributed by atoms with E-state index in [2.05, 4.69) is 50.6 Å². The highest BCUT2D eigenvalue weighted by Gasteiger charge is 2.25. The standard InChI is InChI=1S/C30H38Br2N2O4/c1-5-13-33(14-6-2)15-11-17-38-30-24(31)18-21(19-25(30)32)29(36)28-22(7-3)23(20-27(35)37-8-4)26-12-9-10-16-34(26)28/h9-10,12,16,18-19H,5-8,11,13-15,17,20H2,1-4H3. The second kappa shape index (κ2) is 14.8. The Bertz CT molecular complexity index is 1230. The number of nitrogens with zero attached hydrogens (tertiary/aromatic N) is 2. The van der Waals surface area contributed by atoms with E-state index >= 15 is 0 Å². The molecule has 0 N–H and O–H groups in total. The molecule has 0 aliphatic carbocycles. The van der Waals surface area contributed by atoms with Gasteiger partial charge in [0.05, 0.1) is 34.3 Å². The van der Waals surface area contributed by atoms with Crippen molar-refractivity contribution in [1.82, 2.24) is 9.30 Å². The van der Waals surface area contributed by atoms with Gasteiger partial charge >= 0.3 is 5.97 Å². The molecule has 0 unspecified atom stereocenters. The van der Waals surface area contributed by atoms with Gasteiger partial charge in [-0.15, -0.1) is 0 Å². The van der Waals surface area contributed by atoms with Crippen LogP contribution in [0.15, 0.2) is 45.5 Å². The maximum atomic E-state index is 13.9. The molecule has 8 heteroatoms. The average Bonchev–Trinajstić information content (AvgIpc) is 3.20. The molecule has 0 aliphatic heterocycles. The number of ether oxygens (including phenoxy) is 2. The number of hydrogen-bond donors (Lipinski definition) is 0. The minimum atomic E-state index is -0.294. The van der Waals surface area contributed by atoms with Crippen LogP contribution in [0.2, 0.25) is 0 Å². The zero-order valence-corrected chi connectivity index (χ0v) is 26.0. The lowest BCUT2D eigenvalue weighted by molar-refractivity contribution is -0.142. The minimum absolute atomic E-state index is 0.110. The number of carbonyl (C=O) groups is 2. The second-order valence-electron chi connectivity index (χ2n) is 9.24. The van der Waals surface area contributed by atoms with Crippen molar-refractivity contribution in [3.8, 4) is 5.75 Å². The number of rotatable bonds is 15. The van der Waals surface area contributed by atoms with Crippen LogP contribution in [-0.4, -0.2) is 53.9 Å². The van der Waals surface area contributed by atoms with E-state index in [0.29, 0.717) is 36.6 Å². The molecule has 0 saturated carbocycles. The molecule has 3 aromatic rings. The predicted molar refractivity (Wildman–Crippen MR) is 160 cm³/mol. The maximum Gasteiger partial charge on any atom is 0.310 e. The van der Waals surface area contributed by atoms with Crippen LogP contribution < -0.4 is 4.74 Å². The molecule has 1 aromatic carbocycles. The molecule has 0 radical (unpaired) electrons. The summed E-state index contributed by atoms with van der Waals surface area (Å²) >= 11 is 7.25. The van der Waals surface area contributed by atoms with Gasteiger partial charge in [-0.3, -0.25) is 9.59 Å². The molecule has 0 bridgehead atoms. The van der Waals surface area contributed by atoms with E-state index in [4.69, 9.17) is 9.47 Å². The zero-order chi connectivity index (χ0) is 27.7. The number of benzene rings is 1. The SMILES string of the molecule is CCCN(CCC)CCCOc1c(Br)cc(C(=O)c2c(CC)c(CC(=O)OCC)c3ccccn23)cc1Br. The Labute approximate surface area is 242 Å². The van der Waals surface area contributed by atoms with Crippen LogP contribution in [0.5, 0.6) is 5.75 Å². The van der Waals surface area contributed by atoms with Crippen molar-refractivity contribution >= 4 is 49.1 Å². The summed E-state index contributed by atoms with van der Waals surface area (Å²) in [6.45, 7) is 12.3. The van der Waals surface area contributed by atoms with Crippen molar-refractivity contribution in [3.05, 3.63) is 67.9 Å².